The van der Waals surface area contributed by atoms with Crippen LogP contribution in [0.4, 0.5) is 4.39 Å². The summed E-state index contributed by atoms with van der Waals surface area (Å²) in [5.41, 5.74) is 0.932. The number of halogens is 1. The largest absolute Gasteiger partial charge is 0.481 e. The minimum Gasteiger partial charge on any atom is -0.481 e. The minimum atomic E-state index is -0.740. The van der Waals surface area contributed by atoms with Crippen molar-refractivity contribution in [1.29, 1.82) is 0 Å². The molecule has 1 aliphatic carbocycles. The van der Waals surface area contributed by atoms with Crippen molar-refractivity contribution in [3.8, 4) is 0 Å². The summed E-state index contributed by atoms with van der Waals surface area (Å²) in [4.78, 5) is 22.7. The van der Waals surface area contributed by atoms with E-state index in [1.807, 2.05) is 0 Å². The molecule has 0 spiro atoms. The Morgan fingerprint density at radius 2 is 1.76 bits per heavy atom. The molecule has 0 aliphatic heterocycles. The van der Waals surface area contributed by atoms with E-state index >= 15 is 0 Å². The first kappa shape index (κ1) is 15.5. The molecule has 0 atom stereocenters. The predicted octanol–water partition coefficient (Wildman–Crippen LogP) is 2.52. The number of hydrogen-bond donors (Lipinski definition) is 2. The third-order valence-corrected chi connectivity index (χ3v) is 4.00. The Morgan fingerprint density at radius 1 is 1.14 bits per heavy atom. The number of aryl methyl sites for hydroxylation is 1. The lowest BCUT2D eigenvalue weighted by Crippen LogP contribution is -2.38. The number of benzene rings is 1. The molecule has 114 valence electrons. The number of amides is 1. The van der Waals surface area contributed by atoms with Crippen LogP contribution >= 0.6 is 0 Å². The van der Waals surface area contributed by atoms with Gasteiger partial charge in [0.25, 0.3) is 0 Å². The van der Waals surface area contributed by atoms with Crippen molar-refractivity contribution in [2.75, 3.05) is 0 Å². The fraction of sp³-hybridized carbons (Fsp3) is 0.500. The van der Waals surface area contributed by atoms with E-state index in [2.05, 4.69) is 5.32 Å². The van der Waals surface area contributed by atoms with Gasteiger partial charge in [-0.1, -0.05) is 12.1 Å². The van der Waals surface area contributed by atoms with Crippen LogP contribution in [0.2, 0.25) is 0 Å². The van der Waals surface area contributed by atoms with E-state index in [0.717, 1.165) is 18.4 Å². The van der Waals surface area contributed by atoms with E-state index in [4.69, 9.17) is 5.11 Å². The number of rotatable bonds is 5. The molecular formula is C16H20FNO3. The molecule has 2 rings (SSSR count). The first-order chi connectivity index (χ1) is 10.0. The molecule has 1 aromatic carbocycles. The van der Waals surface area contributed by atoms with E-state index < -0.39 is 5.97 Å². The number of carboxylic acids is 1. The average molecular weight is 293 g/mol. The molecule has 1 amide bonds. The molecular weight excluding hydrogens is 273 g/mol. The summed E-state index contributed by atoms with van der Waals surface area (Å²) in [7, 11) is 0. The zero-order chi connectivity index (χ0) is 15.2. The predicted molar refractivity (Wildman–Crippen MR) is 76.2 cm³/mol. The lowest BCUT2D eigenvalue weighted by atomic mass is 9.86. The maximum absolute atomic E-state index is 12.8. The second kappa shape index (κ2) is 7.20. The number of carbonyl (C=O) groups is 2. The maximum atomic E-state index is 12.8. The van der Waals surface area contributed by atoms with Gasteiger partial charge in [0, 0.05) is 12.5 Å². The second-order valence-corrected chi connectivity index (χ2v) is 5.58. The maximum Gasteiger partial charge on any atom is 0.306 e. The summed E-state index contributed by atoms with van der Waals surface area (Å²) < 4.78 is 12.8. The van der Waals surface area contributed by atoms with Gasteiger partial charge in [-0.15, -0.1) is 0 Å². The van der Waals surface area contributed by atoms with Crippen LogP contribution in [0.25, 0.3) is 0 Å². The highest BCUT2D eigenvalue weighted by atomic mass is 19.1. The van der Waals surface area contributed by atoms with Gasteiger partial charge in [-0.2, -0.15) is 0 Å². The molecule has 1 fully saturated rings. The fourth-order valence-electron chi connectivity index (χ4n) is 2.69. The van der Waals surface area contributed by atoms with Gasteiger partial charge < -0.3 is 10.4 Å². The molecule has 1 saturated carbocycles. The summed E-state index contributed by atoms with van der Waals surface area (Å²) in [6, 6.07) is 6.23. The smallest absolute Gasteiger partial charge is 0.306 e. The first-order valence-electron chi connectivity index (χ1n) is 7.31. The molecule has 5 heteroatoms. The summed E-state index contributed by atoms with van der Waals surface area (Å²) in [5.74, 6) is -1.31. The van der Waals surface area contributed by atoms with Crippen molar-refractivity contribution in [3.63, 3.8) is 0 Å². The van der Waals surface area contributed by atoms with Crippen LogP contribution in [0.15, 0.2) is 24.3 Å². The van der Waals surface area contributed by atoms with Crippen molar-refractivity contribution in [3.05, 3.63) is 35.6 Å². The van der Waals surface area contributed by atoms with Crippen molar-refractivity contribution in [2.24, 2.45) is 5.92 Å². The Bertz CT molecular complexity index is 493. The van der Waals surface area contributed by atoms with E-state index in [9.17, 15) is 14.0 Å². The Hall–Kier alpha value is -1.91. The standard InChI is InChI=1S/C16H20FNO3/c17-13-6-1-11(2-7-13)3-10-15(19)18-14-8-4-12(5-9-14)16(20)21/h1-2,6-7,12,14H,3-5,8-10H2,(H,18,19)(H,20,21). The van der Waals surface area contributed by atoms with Crippen LogP contribution in [0.1, 0.15) is 37.7 Å². The number of carboxylic acid groups (broad SMARTS) is 1. The molecule has 0 radical (unpaired) electrons. The highest BCUT2D eigenvalue weighted by molar-refractivity contribution is 5.76. The van der Waals surface area contributed by atoms with Gasteiger partial charge in [0.05, 0.1) is 5.92 Å². The van der Waals surface area contributed by atoms with Gasteiger partial charge in [-0.3, -0.25) is 9.59 Å². The van der Waals surface area contributed by atoms with Crippen LogP contribution in [-0.4, -0.2) is 23.0 Å². The van der Waals surface area contributed by atoms with Crippen molar-refractivity contribution in [2.45, 2.75) is 44.6 Å². The van der Waals surface area contributed by atoms with E-state index in [1.165, 1.54) is 12.1 Å². The van der Waals surface area contributed by atoms with Gasteiger partial charge >= 0.3 is 5.97 Å². The van der Waals surface area contributed by atoms with Crippen LogP contribution < -0.4 is 5.32 Å². The number of hydrogen-bond acceptors (Lipinski definition) is 2. The average Bonchev–Trinajstić information content (AvgIpc) is 2.47. The van der Waals surface area contributed by atoms with Crippen LogP contribution in [-0.2, 0) is 16.0 Å². The normalized spacial score (nSPS) is 21.8. The molecule has 0 saturated heterocycles. The molecule has 4 nitrogen and oxygen atoms in total. The Morgan fingerprint density at radius 3 is 2.33 bits per heavy atom. The van der Waals surface area contributed by atoms with Gasteiger partial charge in [0.15, 0.2) is 0 Å². The summed E-state index contributed by atoms with van der Waals surface area (Å²) >= 11 is 0. The highest BCUT2D eigenvalue weighted by Gasteiger charge is 2.26. The van der Waals surface area contributed by atoms with E-state index in [1.54, 1.807) is 12.1 Å². The summed E-state index contributed by atoms with van der Waals surface area (Å²) in [5, 5.41) is 11.9. The minimum absolute atomic E-state index is 0.0295. The topological polar surface area (TPSA) is 66.4 Å². The molecule has 21 heavy (non-hydrogen) atoms. The molecule has 0 unspecified atom stereocenters. The third-order valence-electron chi connectivity index (χ3n) is 4.00. The monoisotopic (exact) mass is 293 g/mol. The van der Waals surface area contributed by atoms with Gasteiger partial charge in [-0.25, -0.2) is 4.39 Å². The third kappa shape index (κ3) is 4.85. The molecule has 0 aromatic heterocycles. The zero-order valence-corrected chi connectivity index (χ0v) is 11.8. The van der Waals surface area contributed by atoms with E-state index in [-0.39, 0.29) is 23.7 Å². The van der Waals surface area contributed by atoms with Crippen LogP contribution in [0.5, 0.6) is 0 Å². The van der Waals surface area contributed by atoms with Crippen molar-refractivity contribution < 1.29 is 19.1 Å². The number of aliphatic carboxylic acids is 1. The Labute approximate surface area is 123 Å². The van der Waals surface area contributed by atoms with Gasteiger partial charge in [0.2, 0.25) is 5.91 Å². The lowest BCUT2D eigenvalue weighted by molar-refractivity contribution is -0.142. The molecule has 0 heterocycles. The van der Waals surface area contributed by atoms with Crippen LogP contribution in [0.3, 0.4) is 0 Å². The quantitative estimate of drug-likeness (QED) is 0.876. The van der Waals surface area contributed by atoms with Crippen LogP contribution in [0, 0.1) is 11.7 Å². The van der Waals surface area contributed by atoms with Gasteiger partial charge in [0.1, 0.15) is 5.82 Å². The summed E-state index contributed by atoms with van der Waals surface area (Å²) in [6.45, 7) is 0. The number of nitrogens with one attached hydrogen (secondary N) is 1. The van der Waals surface area contributed by atoms with E-state index in [0.29, 0.717) is 25.7 Å². The Kier molecular flexibility index (Phi) is 5.31. The first-order valence-corrected chi connectivity index (χ1v) is 7.31. The van der Waals surface area contributed by atoms with Crippen molar-refractivity contribution in [1.82, 2.24) is 5.32 Å². The number of carbonyl (C=O) groups excluding carboxylic acids is 1. The van der Waals surface area contributed by atoms with Crippen molar-refractivity contribution >= 4 is 11.9 Å². The Balaban J connectivity index is 1.70. The fourth-order valence-corrected chi connectivity index (χ4v) is 2.69. The molecule has 1 aliphatic rings. The SMILES string of the molecule is O=C(CCc1ccc(F)cc1)NC1CCC(C(=O)O)CC1. The molecule has 0 bridgehead atoms. The zero-order valence-electron chi connectivity index (χ0n) is 11.8. The highest BCUT2D eigenvalue weighted by Crippen LogP contribution is 2.24. The lowest BCUT2D eigenvalue weighted by Gasteiger charge is -2.26. The molecule has 1 aromatic rings. The van der Waals surface area contributed by atoms with Gasteiger partial charge in [-0.05, 0) is 49.8 Å². The molecule has 2 N–H and O–H groups in total. The second-order valence-electron chi connectivity index (χ2n) is 5.58. The summed E-state index contributed by atoms with van der Waals surface area (Å²) in [6.07, 6.45) is 3.63.